The quantitative estimate of drug-likeness (QED) is 0.545. The lowest BCUT2D eigenvalue weighted by Crippen LogP contribution is -2.16. The van der Waals surface area contributed by atoms with Gasteiger partial charge in [-0.15, -0.1) is 11.8 Å². The van der Waals surface area contributed by atoms with E-state index in [4.69, 9.17) is 19.6 Å². The molecule has 1 aliphatic carbocycles. The van der Waals surface area contributed by atoms with Crippen molar-refractivity contribution >= 4 is 22.8 Å². The molecule has 1 N–H and O–H groups in total. The van der Waals surface area contributed by atoms with E-state index in [-0.39, 0.29) is 0 Å². The Hall–Kier alpha value is -2.11. The zero-order chi connectivity index (χ0) is 21.9. The van der Waals surface area contributed by atoms with E-state index in [1.54, 1.807) is 0 Å². The number of allylic oxidation sites excluding steroid dienone is 4. The largest absolute Gasteiger partial charge is 0.481 e. The highest BCUT2D eigenvalue weighted by Crippen LogP contribution is 2.32. The van der Waals surface area contributed by atoms with E-state index in [2.05, 4.69) is 56.8 Å². The van der Waals surface area contributed by atoms with Gasteiger partial charge >= 0.3 is 0 Å². The first-order valence-electron chi connectivity index (χ1n) is 10.5. The molecule has 1 fully saturated rings. The zero-order valence-electron chi connectivity index (χ0n) is 18.3. The highest BCUT2D eigenvalue weighted by molar-refractivity contribution is 8.15. The third-order valence-electron chi connectivity index (χ3n) is 5.05. The number of benzene rings is 1. The van der Waals surface area contributed by atoms with Crippen LogP contribution in [0.2, 0.25) is 0 Å². The molecule has 2 atom stereocenters. The van der Waals surface area contributed by atoms with Crippen molar-refractivity contribution in [3.8, 4) is 0 Å². The minimum absolute atomic E-state index is 0.353. The zero-order valence-corrected chi connectivity index (χ0v) is 19.1. The van der Waals surface area contributed by atoms with Crippen LogP contribution in [0, 0.1) is 6.92 Å². The first-order valence-corrected chi connectivity index (χ1v) is 11.4. The van der Waals surface area contributed by atoms with Crippen LogP contribution in [0.1, 0.15) is 50.7 Å². The molecule has 2 unspecified atom stereocenters. The highest BCUT2D eigenvalue weighted by atomic mass is 32.2. The third-order valence-corrected chi connectivity index (χ3v) is 6.30. The molecule has 0 spiro atoms. The molecule has 4 nitrogen and oxygen atoms in total. The van der Waals surface area contributed by atoms with Gasteiger partial charge in [-0.1, -0.05) is 61.6 Å². The SMILES string of the molecule is C=C/C=C1/CCC/C1=C/COCCC1N=C(c2ccc(C)cc2)SC1C.CC(=O)O. The van der Waals surface area contributed by atoms with Gasteiger partial charge in [-0.2, -0.15) is 0 Å². The highest BCUT2D eigenvalue weighted by Gasteiger charge is 2.26. The average molecular weight is 428 g/mol. The van der Waals surface area contributed by atoms with Gasteiger partial charge in [0, 0.05) is 24.3 Å². The van der Waals surface area contributed by atoms with Crippen LogP contribution in [-0.4, -0.2) is 40.6 Å². The molecular formula is C25H33NO3S. The number of carboxylic acid groups (broad SMARTS) is 1. The molecule has 1 heterocycles. The van der Waals surface area contributed by atoms with Crippen LogP contribution < -0.4 is 0 Å². The van der Waals surface area contributed by atoms with Crippen molar-refractivity contribution in [1.29, 1.82) is 0 Å². The third kappa shape index (κ3) is 7.96. The van der Waals surface area contributed by atoms with Crippen LogP contribution in [0.5, 0.6) is 0 Å². The van der Waals surface area contributed by atoms with Gasteiger partial charge in [0.1, 0.15) is 0 Å². The van der Waals surface area contributed by atoms with Gasteiger partial charge in [0.25, 0.3) is 5.97 Å². The second-order valence-corrected chi connectivity index (χ2v) is 8.95. The molecule has 1 saturated carbocycles. The Morgan fingerprint density at radius 1 is 1.30 bits per heavy atom. The number of carboxylic acids is 1. The van der Waals surface area contributed by atoms with Crippen molar-refractivity contribution in [2.75, 3.05) is 13.2 Å². The fourth-order valence-corrected chi connectivity index (χ4v) is 4.66. The lowest BCUT2D eigenvalue weighted by Gasteiger charge is -2.11. The molecule has 30 heavy (non-hydrogen) atoms. The molecule has 0 amide bonds. The molecule has 0 aromatic heterocycles. The number of rotatable bonds is 7. The lowest BCUT2D eigenvalue weighted by molar-refractivity contribution is -0.134. The summed E-state index contributed by atoms with van der Waals surface area (Å²) < 4.78 is 5.88. The van der Waals surface area contributed by atoms with E-state index in [0.29, 0.717) is 17.9 Å². The maximum atomic E-state index is 9.00. The van der Waals surface area contributed by atoms with E-state index >= 15 is 0 Å². The summed E-state index contributed by atoms with van der Waals surface area (Å²) in [5.41, 5.74) is 5.40. The molecule has 5 heteroatoms. The molecule has 2 aliphatic rings. The van der Waals surface area contributed by atoms with Crippen molar-refractivity contribution in [1.82, 2.24) is 0 Å². The van der Waals surface area contributed by atoms with E-state index in [1.165, 1.54) is 46.6 Å². The van der Waals surface area contributed by atoms with Crippen LogP contribution in [-0.2, 0) is 9.53 Å². The van der Waals surface area contributed by atoms with Gasteiger partial charge in [-0.05, 0) is 43.8 Å². The number of aliphatic carboxylic acids is 1. The van der Waals surface area contributed by atoms with Gasteiger partial charge in [-0.3, -0.25) is 9.79 Å². The smallest absolute Gasteiger partial charge is 0.300 e. The monoisotopic (exact) mass is 427 g/mol. The molecular weight excluding hydrogens is 394 g/mol. The lowest BCUT2D eigenvalue weighted by atomic mass is 10.1. The van der Waals surface area contributed by atoms with Gasteiger partial charge in [0.05, 0.1) is 17.7 Å². The number of thioether (sulfide) groups is 1. The number of nitrogens with zero attached hydrogens (tertiary/aromatic N) is 1. The van der Waals surface area contributed by atoms with Crippen LogP contribution in [0.25, 0.3) is 0 Å². The summed E-state index contributed by atoms with van der Waals surface area (Å²) in [5.74, 6) is -0.833. The van der Waals surface area contributed by atoms with E-state index in [0.717, 1.165) is 20.0 Å². The van der Waals surface area contributed by atoms with Crippen LogP contribution in [0.3, 0.4) is 0 Å². The van der Waals surface area contributed by atoms with Crippen molar-refractivity contribution in [2.45, 2.75) is 57.7 Å². The molecule has 0 radical (unpaired) electrons. The molecule has 0 saturated heterocycles. The maximum Gasteiger partial charge on any atom is 0.300 e. The van der Waals surface area contributed by atoms with Crippen LogP contribution in [0.4, 0.5) is 0 Å². The van der Waals surface area contributed by atoms with Gasteiger partial charge in [0.2, 0.25) is 0 Å². The number of aryl methyl sites for hydroxylation is 1. The number of hydrogen-bond donors (Lipinski definition) is 1. The fraction of sp³-hybridized carbons (Fsp3) is 0.440. The Kier molecular flexibility index (Phi) is 10.1. The predicted octanol–water partition coefficient (Wildman–Crippen LogP) is 5.97. The molecule has 0 bridgehead atoms. The average Bonchev–Trinajstić information content (AvgIpc) is 3.29. The Morgan fingerprint density at radius 3 is 2.63 bits per heavy atom. The normalized spacial score (nSPS) is 23.2. The molecule has 162 valence electrons. The van der Waals surface area contributed by atoms with Gasteiger partial charge in [-0.25, -0.2) is 0 Å². The molecule has 1 aromatic carbocycles. The fourth-order valence-electron chi connectivity index (χ4n) is 3.48. The van der Waals surface area contributed by atoms with Crippen molar-refractivity contribution in [3.63, 3.8) is 0 Å². The van der Waals surface area contributed by atoms with Crippen molar-refractivity contribution < 1.29 is 14.6 Å². The second kappa shape index (κ2) is 12.6. The summed E-state index contributed by atoms with van der Waals surface area (Å²) in [5, 5.41) is 9.11. The van der Waals surface area contributed by atoms with Crippen LogP contribution >= 0.6 is 11.8 Å². The standard InChI is InChI=1S/C23H29NOS.C2H4O2/c1-4-6-19-7-5-8-20(19)13-15-25-16-14-22-18(3)26-23(24-22)21-11-9-17(2)10-12-21;1-2(3)4/h4,6,9-13,18,22H,1,5,7-8,14-16H2,2-3H3;1H3,(H,3,4)/b19-6-,20-13-;. The summed E-state index contributed by atoms with van der Waals surface area (Å²) in [6.45, 7) is 10.7. The second-order valence-electron chi connectivity index (χ2n) is 7.58. The molecule has 3 rings (SSSR count). The van der Waals surface area contributed by atoms with E-state index in [1.807, 2.05) is 17.8 Å². The van der Waals surface area contributed by atoms with Crippen molar-refractivity contribution in [2.24, 2.45) is 4.99 Å². The predicted molar refractivity (Wildman–Crippen MR) is 128 cm³/mol. The van der Waals surface area contributed by atoms with E-state index in [9.17, 15) is 0 Å². The van der Waals surface area contributed by atoms with Crippen LogP contribution in [0.15, 0.2) is 65.2 Å². The maximum absolute atomic E-state index is 9.00. The number of aliphatic imine (C=N–C) groups is 1. The minimum atomic E-state index is -0.833. The van der Waals surface area contributed by atoms with Gasteiger partial charge in [0.15, 0.2) is 0 Å². The summed E-state index contributed by atoms with van der Waals surface area (Å²) in [4.78, 5) is 13.9. The Balaban J connectivity index is 0.000000735. The first-order chi connectivity index (χ1) is 14.4. The minimum Gasteiger partial charge on any atom is -0.481 e. The summed E-state index contributed by atoms with van der Waals surface area (Å²) in [6, 6.07) is 9.02. The summed E-state index contributed by atoms with van der Waals surface area (Å²) in [7, 11) is 0. The topological polar surface area (TPSA) is 58.9 Å². The summed E-state index contributed by atoms with van der Waals surface area (Å²) in [6.07, 6.45) is 10.8. The first kappa shape index (κ1) is 24.2. The number of ether oxygens (including phenoxy) is 1. The Bertz CT molecular complexity index is 804. The van der Waals surface area contributed by atoms with E-state index < -0.39 is 5.97 Å². The molecule has 1 aliphatic heterocycles. The Labute approximate surface area is 184 Å². The van der Waals surface area contributed by atoms with Crippen molar-refractivity contribution in [3.05, 3.63) is 71.3 Å². The van der Waals surface area contributed by atoms with Gasteiger partial charge < -0.3 is 9.84 Å². The number of carbonyl (C=O) groups is 1. The summed E-state index contributed by atoms with van der Waals surface area (Å²) >= 11 is 1.89. The number of hydrogen-bond acceptors (Lipinski definition) is 4. The molecule has 1 aromatic rings. The Morgan fingerprint density at radius 2 is 1.97 bits per heavy atom.